The van der Waals surface area contributed by atoms with E-state index in [4.69, 9.17) is 0 Å². The summed E-state index contributed by atoms with van der Waals surface area (Å²) in [6, 6.07) is 0. The molecule has 0 bridgehead atoms. The maximum atomic E-state index is 10.6. The van der Waals surface area contributed by atoms with Crippen LogP contribution in [-0.4, -0.2) is 10.9 Å². The standard InChI is InChI=1S/C12H24OS/c1-11(2)9-7-5-4-6-8-10-14-12(3)13/h11H,4-10H2,1-3H3. The van der Waals surface area contributed by atoms with Crippen molar-refractivity contribution in [3.63, 3.8) is 0 Å². The molecule has 0 N–H and O–H groups in total. The molecule has 2 heteroatoms. The molecule has 0 rings (SSSR count). The van der Waals surface area contributed by atoms with Gasteiger partial charge in [0.1, 0.15) is 0 Å². The minimum atomic E-state index is 0.254. The number of carbonyl (C=O) groups is 1. The van der Waals surface area contributed by atoms with Crippen LogP contribution in [0, 0.1) is 5.92 Å². The topological polar surface area (TPSA) is 17.1 Å². The lowest BCUT2D eigenvalue weighted by molar-refractivity contribution is -0.109. The highest BCUT2D eigenvalue weighted by molar-refractivity contribution is 8.13. The van der Waals surface area contributed by atoms with Crippen molar-refractivity contribution in [3.05, 3.63) is 0 Å². The molecular formula is C12H24OS. The molecule has 0 saturated carbocycles. The van der Waals surface area contributed by atoms with Gasteiger partial charge in [-0.1, -0.05) is 57.7 Å². The second-order valence-corrected chi connectivity index (χ2v) is 5.56. The van der Waals surface area contributed by atoms with E-state index in [0.29, 0.717) is 0 Å². The molecule has 0 aromatic rings. The molecule has 0 aliphatic heterocycles. The zero-order valence-electron chi connectivity index (χ0n) is 9.84. The Hall–Kier alpha value is 0.0200. The van der Waals surface area contributed by atoms with Gasteiger partial charge in [0.2, 0.25) is 0 Å². The lowest BCUT2D eigenvalue weighted by Crippen LogP contribution is -1.89. The first kappa shape index (κ1) is 14.0. The van der Waals surface area contributed by atoms with E-state index in [1.165, 1.54) is 50.3 Å². The van der Waals surface area contributed by atoms with Gasteiger partial charge < -0.3 is 0 Å². The van der Waals surface area contributed by atoms with Gasteiger partial charge in [-0.2, -0.15) is 0 Å². The zero-order valence-corrected chi connectivity index (χ0v) is 10.7. The molecule has 1 nitrogen and oxygen atoms in total. The van der Waals surface area contributed by atoms with Crippen molar-refractivity contribution in [3.8, 4) is 0 Å². The molecule has 0 heterocycles. The Kier molecular flexibility index (Phi) is 9.58. The molecule has 0 atom stereocenters. The van der Waals surface area contributed by atoms with Crippen LogP contribution in [0.3, 0.4) is 0 Å². The van der Waals surface area contributed by atoms with Crippen LogP contribution in [0.5, 0.6) is 0 Å². The fraction of sp³-hybridized carbons (Fsp3) is 0.917. The van der Waals surface area contributed by atoms with E-state index in [2.05, 4.69) is 13.8 Å². The van der Waals surface area contributed by atoms with Crippen LogP contribution in [-0.2, 0) is 4.79 Å². The molecule has 0 unspecified atom stereocenters. The second kappa shape index (κ2) is 9.57. The van der Waals surface area contributed by atoms with Crippen LogP contribution < -0.4 is 0 Å². The molecule has 0 aromatic carbocycles. The fourth-order valence-electron chi connectivity index (χ4n) is 1.40. The largest absolute Gasteiger partial charge is 0.288 e. The van der Waals surface area contributed by atoms with Crippen molar-refractivity contribution in [1.82, 2.24) is 0 Å². The second-order valence-electron chi connectivity index (χ2n) is 4.29. The van der Waals surface area contributed by atoms with Gasteiger partial charge in [0.25, 0.3) is 0 Å². The Morgan fingerprint density at radius 3 is 2.21 bits per heavy atom. The van der Waals surface area contributed by atoms with Crippen molar-refractivity contribution in [2.75, 3.05) is 5.75 Å². The van der Waals surface area contributed by atoms with Gasteiger partial charge in [0.15, 0.2) is 5.12 Å². The molecule has 0 aromatic heterocycles. The van der Waals surface area contributed by atoms with E-state index in [0.717, 1.165) is 11.7 Å². The minimum absolute atomic E-state index is 0.254. The van der Waals surface area contributed by atoms with Gasteiger partial charge in [0.05, 0.1) is 0 Å². The van der Waals surface area contributed by atoms with E-state index in [1.54, 1.807) is 6.92 Å². The third kappa shape index (κ3) is 12.0. The van der Waals surface area contributed by atoms with Crippen molar-refractivity contribution in [1.29, 1.82) is 0 Å². The molecular weight excluding hydrogens is 192 g/mol. The van der Waals surface area contributed by atoms with Crippen LogP contribution in [0.4, 0.5) is 0 Å². The third-order valence-corrected chi connectivity index (χ3v) is 3.13. The zero-order chi connectivity index (χ0) is 10.8. The van der Waals surface area contributed by atoms with Gasteiger partial charge >= 0.3 is 0 Å². The summed E-state index contributed by atoms with van der Waals surface area (Å²) >= 11 is 1.46. The summed E-state index contributed by atoms with van der Waals surface area (Å²) in [6.07, 6.45) is 7.93. The Labute approximate surface area is 93.0 Å². The Morgan fingerprint density at radius 2 is 1.64 bits per heavy atom. The lowest BCUT2D eigenvalue weighted by Gasteiger charge is -2.03. The molecule has 14 heavy (non-hydrogen) atoms. The SMILES string of the molecule is CC(=O)SCCCCCCCC(C)C. The van der Waals surface area contributed by atoms with Crippen LogP contribution in [0.2, 0.25) is 0 Å². The lowest BCUT2D eigenvalue weighted by atomic mass is 10.0. The minimum Gasteiger partial charge on any atom is -0.288 e. The number of hydrogen-bond acceptors (Lipinski definition) is 2. The first-order valence-electron chi connectivity index (χ1n) is 5.76. The van der Waals surface area contributed by atoms with Crippen LogP contribution in [0.15, 0.2) is 0 Å². The van der Waals surface area contributed by atoms with E-state index in [-0.39, 0.29) is 5.12 Å². The molecule has 0 aliphatic carbocycles. The predicted octanol–water partition coefficient (Wildman–Crippen LogP) is 4.26. The smallest absolute Gasteiger partial charge is 0.185 e. The molecule has 0 spiro atoms. The van der Waals surface area contributed by atoms with Crippen molar-refractivity contribution in [2.24, 2.45) is 5.92 Å². The van der Waals surface area contributed by atoms with Crippen molar-refractivity contribution in [2.45, 2.75) is 59.3 Å². The Morgan fingerprint density at radius 1 is 1.07 bits per heavy atom. The molecule has 0 amide bonds. The summed E-state index contributed by atoms with van der Waals surface area (Å²) in [4.78, 5) is 10.6. The molecule has 0 saturated heterocycles. The van der Waals surface area contributed by atoms with Crippen LogP contribution in [0.25, 0.3) is 0 Å². The van der Waals surface area contributed by atoms with Gasteiger partial charge in [-0.15, -0.1) is 0 Å². The average Bonchev–Trinajstić information content (AvgIpc) is 2.08. The molecule has 0 fully saturated rings. The maximum absolute atomic E-state index is 10.6. The molecule has 0 radical (unpaired) electrons. The van der Waals surface area contributed by atoms with E-state index >= 15 is 0 Å². The summed E-state index contributed by atoms with van der Waals surface area (Å²) in [5.74, 6) is 1.86. The number of hydrogen-bond donors (Lipinski definition) is 0. The summed E-state index contributed by atoms with van der Waals surface area (Å²) in [6.45, 7) is 6.21. The fourth-order valence-corrected chi connectivity index (χ4v) is 2.04. The Bertz CT molecular complexity index is 143. The molecule has 84 valence electrons. The normalized spacial score (nSPS) is 10.9. The summed E-state index contributed by atoms with van der Waals surface area (Å²) in [5, 5.41) is 0.254. The van der Waals surface area contributed by atoms with Crippen LogP contribution in [0.1, 0.15) is 59.3 Å². The summed E-state index contributed by atoms with van der Waals surface area (Å²) in [5.41, 5.74) is 0. The first-order chi connectivity index (χ1) is 6.63. The number of rotatable bonds is 8. The maximum Gasteiger partial charge on any atom is 0.185 e. The van der Waals surface area contributed by atoms with E-state index in [1.807, 2.05) is 0 Å². The predicted molar refractivity (Wildman–Crippen MR) is 65.7 cm³/mol. The highest BCUT2D eigenvalue weighted by Gasteiger charge is 1.96. The van der Waals surface area contributed by atoms with Crippen LogP contribution >= 0.6 is 11.8 Å². The average molecular weight is 216 g/mol. The van der Waals surface area contributed by atoms with Gasteiger partial charge in [-0.25, -0.2) is 0 Å². The summed E-state index contributed by atoms with van der Waals surface area (Å²) in [7, 11) is 0. The van der Waals surface area contributed by atoms with E-state index in [9.17, 15) is 4.79 Å². The monoisotopic (exact) mass is 216 g/mol. The van der Waals surface area contributed by atoms with Crippen molar-refractivity contribution >= 4 is 16.9 Å². The first-order valence-corrected chi connectivity index (χ1v) is 6.75. The quantitative estimate of drug-likeness (QED) is 0.564. The number of unbranched alkanes of at least 4 members (excludes halogenated alkanes) is 4. The van der Waals surface area contributed by atoms with Gasteiger partial charge in [0, 0.05) is 12.7 Å². The van der Waals surface area contributed by atoms with Crippen molar-refractivity contribution < 1.29 is 4.79 Å². The highest BCUT2D eigenvalue weighted by atomic mass is 32.2. The molecule has 0 aliphatic rings. The Balaban J connectivity index is 2.96. The van der Waals surface area contributed by atoms with E-state index < -0.39 is 0 Å². The number of carbonyl (C=O) groups excluding carboxylic acids is 1. The summed E-state index contributed by atoms with van der Waals surface area (Å²) < 4.78 is 0. The van der Waals surface area contributed by atoms with Gasteiger partial charge in [-0.05, 0) is 12.3 Å². The number of thioether (sulfide) groups is 1. The third-order valence-electron chi connectivity index (χ3n) is 2.23. The highest BCUT2D eigenvalue weighted by Crippen LogP contribution is 2.12. The van der Waals surface area contributed by atoms with Gasteiger partial charge in [-0.3, -0.25) is 4.79 Å².